The number of rotatable bonds is 2. The van der Waals surface area contributed by atoms with Crippen LogP contribution in [0.25, 0.3) is 0 Å². The van der Waals surface area contributed by atoms with Crippen LogP contribution in [0, 0.1) is 40.4 Å². The average molecular weight is 304 g/mol. The van der Waals surface area contributed by atoms with E-state index in [-0.39, 0.29) is 0 Å². The van der Waals surface area contributed by atoms with Crippen LogP contribution in [0.15, 0.2) is 0 Å². The maximum atomic E-state index is 5.93. The van der Waals surface area contributed by atoms with Crippen molar-refractivity contribution in [3.63, 3.8) is 0 Å². The van der Waals surface area contributed by atoms with Gasteiger partial charge in [0.1, 0.15) is 0 Å². The van der Waals surface area contributed by atoms with Crippen molar-refractivity contribution in [3.8, 4) is 0 Å². The Kier molecular flexibility index (Phi) is 3.87. The minimum absolute atomic E-state index is 0.637. The zero-order valence-corrected chi connectivity index (χ0v) is 14.9. The standard InChI is InChI=1S/C21H37N/c1-20-12-4-3-5-15(20)6-8-17-18-9-7-16(11-14-22)21(18,2)13-10-19(17)20/h15-19H,3-14,22H2,1-2H3/t15-,16-,17+,18+,19+,20+,21-/m1/s1. The molecule has 0 heterocycles. The molecule has 1 heteroatoms. The summed E-state index contributed by atoms with van der Waals surface area (Å²) >= 11 is 0. The number of hydrogen-bond acceptors (Lipinski definition) is 1. The Bertz CT molecular complexity index is 418. The van der Waals surface area contributed by atoms with E-state index in [0.717, 1.165) is 36.1 Å². The minimum atomic E-state index is 0.637. The van der Waals surface area contributed by atoms with Crippen LogP contribution in [0.2, 0.25) is 0 Å². The van der Waals surface area contributed by atoms with E-state index < -0.39 is 0 Å². The van der Waals surface area contributed by atoms with Crippen LogP contribution in [0.4, 0.5) is 0 Å². The molecule has 4 aliphatic rings. The van der Waals surface area contributed by atoms with Gasteiger partial charge >= 0.3 is 0 Å². The van der Waals surface area contributed by atoms with E-state index in [1.165, 1.54) is 57.8 Å². The maximum absolute atomic E-state index is 5.93. The van der Waals surface area contributed by atoms with Crippen molar-refractivity contribution in [2.24, 2.45) is 46.2 Å². The fourth-order valence-corrected chi connectivity index (χ4v) is 8.08. The van der Waals surface area contributed by atoms with Gasteiger partial charge in [-0.3, -0.25) is 0 Å². The van der Waals surface area contributed by atoms with E-state index in [0.29, 0.717) is 10.8 Å². The second kappa shape index (κ2) is 5.50. The maximum Gasteiger partial charge on any atom is -0.00744 e. The largest absolute Gasteiger partial charge is 0.330 e. The average Bonchev–Trinajstić information content (AvgIpc) is 2.84. The lowest BCUT2D eigenvalue weighted by Crippen LogP contribution is -2.52. The molecule has 0 aromatic heterocycles. The first kappa shape index (κ1) is 15.5. The summed E-state index contributed by atoms with van der Waals surface area (Å²) in [6.07, 6.45) is 16.5. The minimum Gasteiger partial charge on any atom is -0.330 e. The highest BCUT2D eigenvalue weighted by molar-refractivity contribution is 5.08. The zero-order chi connectivity index (χ0) is 15.4. The Hall–Kier alpha value is -0.0400. The molecule has 4 saturated carbocycles. The molecule has 0 radical (unpaired) electrons. The summed E-state index contributed by atoms with van der Waals surface area (Å²) in [4.78, 5) is 0. The van der Waals surface area contributed by atoms with Gasteiger partial charge < -0.3 is 5.73 Å². The van der Waals surface area contributed by atoms with E-state index >= 15 is 0 Å². The lowest BCUT2D eigenvalue weighted by atomic mass is 9.45. The summed E-state index contributed by atoms with van der Waals surface area (Å²) in [5.74, 6) is 5.14. The Morgan fingerprint density at radius 1 is 0.818 bits per heavy atom. The van der Waals surface area contributed by atoms with E-state index in [1.54, 1.807) is 12.8 Å². The van der Waals surface area contributed by atoms with Gasteiger partial charge in [-0.25, -0.2) is 0 Å². The molecule has 2 N–H and O–H groups in total. The molecule has 0 aromatic carbocycles. The van der Waals surface area contributed by atoms with Crippen molar-refractivity contribution < 1.29 is 0 Å². The smallest absolute Gasteiger partial charge is 0.00744 e. The third-order valence-electron chi connectivity index (χ3n) is 9.29. The molecule has 0 amide bonds. The van der Waals surface area contributed by atoms with Gasteiger partial charge in [0.2, 0.25) is 0 Å². The fourth-order valence-electron chi connectivity index (χ4n) is 8.08. The van der Waals surface area contributed by atoms with Gasteiger partial charge in [0.05, 0.1) is 0 Å². The quantitative estimate of drug-likeness (QED) is 0.727. The first-order valence-electron chi connectivity index (χ1n) is 10.3. The van der Waals surface area contributed by atoms with E-state index in [9.17, 15) is 0 Å². The normalized spacial score (nSPS) is 54.4. The summed E-state index contributed by atoms with van der Waals surface area (Å²) in [6, 6.07) is 0. The topological polar surface area (TPSA) is 26.0 Å². The molecule has 4 aliphatic carbocycles. The predicted octanol–water partition coefficient (Wildman–Crippen LogP) is 5.38. The van der Waals surface area contributed by atoms with Crippen LogP contribution < -0.4 is 5.73 Å². The first-order valence-corrected chi connectivity index (χ1v) is 10.3. The summed E-state index contributed by atoms with van der Waals surface area (Å²) in [5.41, 5.74) is 7.27. The van der Waals surface area contributed by atoms with Gasteiger partial charge in [-0.2, -0.15) is 0 Å². The SMILES string of the molecule is C[C@]12CCCC[C@@H]1CC[C@@H]1[C@@H]2CC[C@]2(C)[C@@H](CCN)CC[C@@H]12. The summed E-state index contributed by atoms with van der Waals surface area (Å²) in [7, 11) is 0. The first-order chi connectivity index (χ1) is 10.6. The third kappa shape index (κ3) is 2.06. The van der Waals surface area contributed by atoms with Crippen LogP contribution in [-0.2, 0) is 0 Å². The summed E-state index contributed by atoms with van der Waals surface area (Å²) < 4.78 is 0. The Morgan fingerprint density at radius 3 is 2.45 bits per heavy atom. The molecule has 0 aromatic rings. The second-order valence-electron chi connectivity index (χ2n) is 9.80. The molecule has 0 spiro atoms. The highest BCUT2D eigenvalue weighted by Gasteiger charge is 2.59. The van der Waals surface area contributed by atoms with E-state index in [4.69, 9.17) is 5.73 Å². The molecule has 1 nitrogen and oxygen atoms in total. The second-order valence-corrected chi connectivity index (χ2v) is 9.80. The van der Waals surface area contributed by atoms with Crippen molar-refractivity contribution in [1.82, 2.24) is 0 Å². The number of nitrogens with two attached hydrogens (primary N) is 1. The molecular formula is C21H37N. The van der Waals surface area contributed by atoms with Crippen LogP contribution >= 0.6 is 0 Å². The van der Waals surface area contributed by atoms with Crippen LogP contribution in [0.5, 0.6) is 0 Å². The lowest BCUT2D eigenvalue weighted by Gasteiger charge is -2.60. The highest BCUT2D eigenvalue weighted by Crippen LogP contribution is 2.67. The van der Waals surface area contributed by atoms with Crippen LogP contribution in [0.1, 0.15) is 84.5 Å². The monoisotopic (exact) mass is 303 g/mol. The molecule has 4 fully saturated rings. The van der Waals surface area contributed by atoms with Gasteiger partial charge in [-0.15, -0.1) is 0 Å². The molecule has 0 aliphatic heterocycles. The van der Waals surface area contributed by atoms with Crippen molar-refractivity contribution in [2.45, 2.75) is 84.5 Å². The van der Waals surface area contributed by atoms with Gasteiger partial charge in [0.15, 0.2) is 0 Å². The molecular weight excluding hydrogens is 266 g/mol. The van der Waals surface area contributed by atoms with Gasteiger partial charge in [-0.05, 0) is 105 Å². The molecule has 0 saturated heterocycles. The van der Waals surface area contributed by atoms with Gasteiger partial charge in [-0.1, -0.05) is 26.7 Å². The molecule has 22 heavy (non-hydrogen) atoms. The van der Waals surface area contributed by atoms with Crippen LogP contribution in [-0.4, -0.2) is 6.54 Å². The Balaban J connectivity index is 1.59. The number of fused-ring (bicyclic) bond motifs is 5. The van der Waals surface area contributed by atoms with E-state index in [2.05, 4.69) is 13.8 Å². The van der Waals surface area contributed by atoms with E-state index in [1.807, 2.05) is 0 Å². The fraction of sp³-hybridized carbons (Fsp3) is 1.00. The molecule has 0 unspecified atom stereocenters. The Labute approximate surface area is 137 Å². The van der Waals surface area contributed by atoms with Crippen molar-refractivity contribution in [3.05, 3.63) is 0 Å². The zero-order valence-electron chi connectivity index (χ0n) is 14.9. The lowest BCUT2D eigenvalue weighted by molar-refractivity contribution is -0.111. The van der Waals surface area contributed by atoms with Gasteiger partial charge in [0, 0.05) is 0 Å². The van der Waals surface area contributed by atoms with Crippen LogP contribution in [0.3, 0.4) is 0 Å². The van der Waals surface area contributed by atoms with Crippen molar-refractivity contribution in [1.29, 1.82) is 0 Å². The van der Waals surface area contributed by atoms with Crippen molar-refractivity contribution in [2.75, 3.05) is 6.54 Å². The summed E-state index contributed by atoms with van der Waals surface area (Å²) in [6.45, 7) is 6.25. The third-order valence-corrected chi connectivity index (χ3v) is 9.29. The molecule has 7 atom stereocenters. The van der Waals surface area contributed by atoms with Gasteiger partial charge in [0.25, 0.3) is 0 Å². The Morgan fingerprint density at radius 2 is 1.64 bits per heavy atom. The molecule has 126 valence electrons. The summed E-state index contributed by atoms with van der Waals surface area (Å²) in [5, 5.41) is 0. The predicted molar refractivity (Wildman–Crippen MR) is 93.5 cm³/mol. The molecule has 4 rings (SSSR count). The molecule has 0 bridgehead atoms. The van der Waals surface area contributed by atoms with Crippen molar-refractivity contribution >= 4 is 0 Å². The highest BCUT2D eigenvalue weighted by atomic mass is 14.6. The number of hydrogen-bond donors (Lipinski definition) is 1.